The van der Waals surface area contributed by atoms with E-state index in [1.54, 1.807) is 5.01 Å². The molecule has 0 spiro atoms. The number of carbonyl (C=O) groups excluding carboxylic acids is 1. The lowest BCUT2D eigenvalue weighted by molar-refractivity contribution is -0.132. The summed E-state index contributed by atoms with van der Waals surface area (Å²) in [5.74, 6) is 0.0813. The number of benzene rings is 2. The van der Waals surface area contributed by atoms with Gasteiger partial charge >= 0.3 is 0 Å². The molecule has 1 amide bonds. The molecular weight excluding hydrogens is 310 g/mol. The topological polar surface area (TPSA) is 35.9 Å². The van der Waals surface area contributed by atoms with E-state index in [9.17, 15) is 4.79 Å². The first-order valence-electron chi connectivity index (χ1n) is 8.93. The van der Waals surface area contributed by atoms with E-state index in [2.05, 4.69) is 34.3 Å². The average Bonchev–Trinajstić information content (AvgIpc) is 3.30. The van der Waals surface area contributed by atoms with Crippen LogP contribution >= 0.6 is 0 Å². The smallest absolute Gasteiger partial charge is 0.256 e. The number of hydrogen-bond donors (Lipinski definition) is 0. The molecule has 0 fully saturated rings. The van der Waals surface area contributed by atoms with Crippen molar-refractivity contribution >= 4 is 11.6 Å². The highest BCUT2D eigenvalue weighted by atomic mass is 16.2. The van der Waals surface area contributed by atoms with Crippen molar-refractivity contribution in [1.29, 1.82) is 0 Å². The summed E-state index contributed by atoms with van der Waals surface area (Å²) in [7, 11) is 2.04. The highest BCUT2D eigenvalue weighted by Gasteiger charge is 2.29. The maximum atomic E-state index is 12.7. The van der Waals surface area contributed by atoms with Crippen LogP contribution in [0.1, 0.15) is 35.6 Å². The Labute approximate surface area is 148 Å². The van der Waals surface area contributed by atoms with Crippen LogP contribution in [0.5, 0.6) is 0 Å². The van der Waals surface area contributed by atoms with E-state index in [0.717, 1.165) is 30.5 Å². The summed E-state index contributed by atoms with van der Waals surface area (Å²) in [5, 5.41) is 6.19. The van der Waals surface area contributed by atoms with Crippen molar-refractivity contribution in [2.75, 3.05) is 20.1 Å². The Hall–Kier alpha value is -2.46. The summed E-state index contributed by atoms with van der Waals surface area (Å²) in [5.41, 5.74) is 4.89. The molecule has 128 valence electrons. The van der Waals surface area contributed by atoms with E-state index in [1.165, 1.54) is 11.1 Å². The Morgan fingerprint density at radius 3 is 2.72 bits per heavy atom. The molecule has 0 saturated carbocycles. The summed E-state index contributed by atoms with van der Waals surface area (Å²) >= 11 is 0. The number of nitrogens with zero attached hydrogens (tertiary/aromatic N) is 3. The van der Waals surface area contributed by atoms with E-state index >= 15 is 0 Å². The minimum Gasteiger partial charge on any atom is -0.290 e. The Morgan fingerprint density at radius 1 is 1.12 bits per heavy atom. The fourth-order valence-electron chi connectivity index (χ4n) is 3.87. The first-order chi connectivity index (χ1) is 12.2. The molecule has 1 aliphatic carbocycles. The number of amides is 1. The molecule has 0 aromatic heterocycles. The zero-order valence-corrected chi connectivity index (χ0v) is 14.6. The van der Waals surface area contributed by atoms with Gasteiger partial charge in [0, 0.05) is 12.5 Å². The van der Waals surface area contributed by atoms with Gasteiger partial charge in [-0.25, -0.2) is 5.01 Å². The number of hydrogen-bond acceptors (Lipinski definition) is 3. The van der Waals surface area contributed by atoms with Gasteiger partial charge in [-0.3, -0.25) is 9.69 Å². The largest absolute Gasteiger partial charge is 0.290 e. The minimum atomic E-state index is 0.0813. The molecule has 2 aliphatic rings. The van der Waals surface area contributed by atoms with E-state index in [0.29, 0.717) is 19.1 Å². The zero-order valence-electron chi connectivity index (χ0n) is 14.6. The molecular formula is C21H23N3O. The fourth-order valence-corrected chi connectivity index (χ4v) is 3.87. The van der Waals surface area contributed by atoms with E-state index in [4.69, 9.17) is 0 Å². The van der Waals surface area contributed by atoms with Gasteiger partial charge in [0.25, 0.3) is 5.91 Å². The van der Waals surface area contributed by atoms with Crippen LogP contribution in [-0.4, -0.2) is 41.7 Å². The van der Waals surface area contributed by atoms with Crippen molar-refractivity contribution in [3.63, 3.8) is 0 Å². The normalized spacial score (nSPS) is 19.2. The highest BCUT2D eigenvalue weighted by Crippen LogP contribution is 2.34. The maximum absolute atomic E-state index is 12.7. The third kappa shape index (κ3) is 3.22. The van der Waals surface area contributed by atoms with Gasteiger partial charge in [-0.1, -0.05) is 54.6 Å². The summed E-state index contributed by atoms with van der Waals surface area (Å²) in [6.45, 7) is 1.09. The van der Waals surface area contributed by atoms with E-state index in [-0.39, 0.29) is 5.91 Å². The number of likely N-dealkylation sites (N-methyl/N-ethyl adjacent to an activating group) is 1. The standard InChI is InChI=1S/C21H23N3O/c1-23(20-12-11-16-7-5-6-10-18(16)20)15-21(25)24-14-13-19(22-24)17-8-3-2-4-9-17/h2-10,20H,11-15H2,1H3/t20-/m1/s1. The first-order valence-corrected chi connectivity index (χ1v) is 8.93. The van der Waals surface area contributed by atoms with Gasteiger partial charge in [0.15, 0.2) is 0 Å². The third-order valence-electron chi connectivity index (χ3n) is 5.21. The summed E-state index contributed by atoms with van der Waals surface area (Å²) < 4.78 is 0. The van der Waals surface area contributed by atoms with Gasteiger partial charge in [-0.05, 0) is 36.6 Å². The van der Waals surface area contributed by atoms with Crippen LogP contribution in [0.25, 0.3) is 0 Å². The van der Waals surface area contributed by atoms with Gasteiger partial charge < -0.3 is 0 Å². The SMILES string of the molecule is CN(CC(=O)N1CCC(c2ccccc2)=N1)[C@@H]1CCc2ccccc21. The van der Waals surface area contributed by atoms with Crippen molar-refractivity contribution < 1.29 is 4.79 Å². The molecule has 4 heteroatoms. The molecule has 1 atom stereocenters. The average molecular weight is 333 g/mol. The van der Waals surface area contributed by atoms with Crippen LogP contribution < -0.4 is 0 Å². The Bertz CT molecular complexity index is 800. The third-order valence-corrected chi connectivity index (χ3v) is 5.21. The van der Waals surface area contributed by atoms with Crippen LogP contribution in [0.2, 0.25) is 0 Å². The quantitative estimate of drug-likeness (QED) is 0.861. The van der Waals surface area contributed by atoms with Crippen LogP contribution in [0, 0.1) is 0 Å². The number of hydrazone groups is 1. The second kappa shape index (κ2) is 6.81. The van der Waals surface area contributed by atoms with Crippen molar-refractivity contribution in [2.24, 2.45) is 5.10 Å². The van der Waals surface area contributed by atoms with Gasteiger partial charge in [0.05, 0.1) is 18.8 Å². The van der Waals surface area contributed by atoms with E-state index < -0.39 is 0 Å². The Balaban J connectivity index is 1.42. The van der Waals surface area contributed by atoms with Crippen LogP contribution in [0.3, 0.4) is 0 Å². The Kier molecular flexibility index (Phi) is 4.36. The lowest BCUT2D eigenvalue weighted by Crippen LogP contribution is -2.36. The van der Waals surface area contributed by atoms with E-state index in [1.807, 2.05) is 37.4 Å². The summed E-state index contributed by atoms with van der Waals surface area (Å²) in [6.07, 6.45) is 3.01. The second-order valence-electron chi connectivity index (χ2n) is 6.85. The van der Waals surface area contributed by atoms with Gasteiger partial charge in [0.2, 0.25) is 0 Å². The molecule has 0 unspecified atom stereocenters. The lowest BCUT2D eigenvalue weighted by atomic mass is 10.1. The number of fused-ring (bicyclic) bond motifs is 1. The van der Waals surface area contributed by atoms with Gasteiger partial charge in [0.1, 0.15) is 0 Å². The number of rotatable bonds is 4. The zero-order chi connectivity index (χ0) is 17.2. The molecule has 1 aliphatic heterocycles. The molecule has 4 rings (SSSR count). The predicted octanol–water partition coefficient (Wildman–Crippen LogP) is 3.24. The van der Waals surface area contributed by atoms with Crippen LogP contribution in [0.15, 0.2) is 59.7 Å². The molecule has 0 saturated heterocycles. The fraction of sp³-hybridized carbons (Fsp3) is 0.333. The van der Waals surface area contributed by atoms with Crippen molar-refractivity contribution in [3.05, 3.63) is 71.3 Å². The van der Waals surface area contributed by atoms with Gasteiger partial charge in [-0.2, -0.15) is 5.10 Å². The minimum absolute atomic E-state index is 0.0813. The molecule has 4 nitrogen and oxygen atoms in total. The van der Waals surface area contributed by atoms with Crippen molar-refractivity contribution in [1.82, 2.24) is 9.91 Å². The Morgan fingerprint density at radius 2 is 1.88 bits per heavy atom. The van der Waals surface area contributed by atoms with Crippen LogP contribution in [-0.2, 0) is 11.2 Å². The molecule has 2 aromatic rings. The second-order valence-corrected chi connectivity index (χ2v) is 6.85. The predicted molar refractivity (Wildman–Crippen MR) is 99.4 cm³/mol. The molecule has 1 heterocycles. The number of carbonyl (C=O) groups is 1. The molecule has 25 heavy (non-hydrogen) atoms. The highest BCUT2D eigenvalue weighted by molar-refractivity contribution is 6.02. The van der Waals surface area contributed by atoms with Gasteiger partial charge in [-0.15, -0.1) is 0 Å². The van der Waals surface area contributed by atoms with Crippen LogP contribution in [0.4, 0.5) is 0 Å². The molecule has 0 radical (unpaired) electrons. The monoisotopic (exact) mass is 333 g/mol. The first kappa shape index (κ1) is 16.0. The summed E-state index contributed by atoms with van der Waals surface area (Å²) in [4.78, 5) is 14.8. The number of aryl methyl sites for hydroxylation is 1. The lowest BCUT2D eigenvalue weighted by Gasteiger charge is -2.25. The van der Waals surface area contributed by atoms with Crippen molar-refractivity contribution in [3.8, 4) is 0 Å². The maximum Gasteiger partial charge on any atom is 0.256 e. The molecule has 0 N–H and O–H groups in total. The molecule has 2 aromatic carbocycles. The van der Waals surface area contributed by atoms with Crippen molar-refractivity contribution in [2.45, 2.75) is 25.3 Å². The summed E-state index contributed by atoms with van der Waals surface area (Å²) in [6, 6.07) is 19.0. The molecule has 0 bridgehead atoms.